The highest BCUT2D eigenvalue weighted by Crippen LogP contribution is 2.44. The summed E-state index contributed by atoms with van der Waals surface area (Å²) in [6, 6.07) is 42.6. The van der Waals surface area contributed by atoms with Gasteiger partial charge in [0.05, 0.1) is 30.9 Å². The first kappa shape index (κ1) is 23.5. The van der Waals surface area contributed by atoms with Crippen molar-refractivity contribution >= 4 is 49.0 Å². The lowest BCUT2D eigenvalue weighted by atomic mass is 9.93. The van der Waals surface area contributed by atoms with Crippen molar-refractivity contribution in [2.75, 3.05) is 14.2 Å². The third kappa shape index (κ3) is 3.44. The Balaban J connectivity index is 1.67. The van der Waals surface area contributed by atoms with Gasteiger partial charge in [-0.05, 0) is 63.7 Å². The summed E-state index contributed by atoms with van der Waals surface area (Å²) in [4.78, 5) is 5.42. The summed E-state index contributed by atoms with van der Waals surface area (Å²) in [6.07, 6.45) is 0. The molecule has 8 rings (SSSR count). The van der Waals surface area contributed by atoms with E-state index in [0.717, 1.165) is 66.7 Å². The quantitative estimate of drug-likeness (QED) is 0.213. The minimum absolute atomic E-state index is 0.823. The van der Waals surface area contributed by atoms with Crippen LogP contribution in [-0.2, 0) is 0 Å². The molecule has 2 heterocycles. The van der Waals surface area contributed by atoms with Crippen molar-refractivity contribution < 1.29 is 9.47 Å². The molecule has 0 amide bonds. The fraction of sp³-hybridized carbons (Fsp3) is 0.0541. The summed E-state index contributed by atoms with van der Waals surface area (Å²) in [5.74, 6) is 1.65. The van der Waals surface area contributed by atoms with Crippen molar-refractivity contribution in [3.05, 3.63) is 121 Å². The SMILES string of the molecule is COc1ccc(-c2c(-c3ccc(OC)cc3)n3c(nc4c5ccccc5c5ccccc5c43)c3ccccc23)cc1. The second kappa shape index (κ2) is 9.10. The number of ether oxygens (including phenoxy) is 2. The largest absolute Gasteiger partial charge is 0.497 e. The standard InChI is InChI=1S/C37H26N2O2/c1-40-25-19-15-23(16-20-25)33-29-11-5-8-14-32(29)37-38-34-30-12-6-3-9-27(30)28-10-4-7-13-31(28)36(34)39(37)35(33)24-17-21-26(41-2)22-18-24/h3-22H,1-2H3. The Labute approximate surface area is 237 Å². The Hall–Kier alpha value is -5.35. The van der Waals surface area contributed by atoms with E-state index in [2.05, 4.69) is 101 Å². The van der Waals surface area contributed by atoms with Crippen LogP contribution >= 0.6 is 0 Å². The molecule has 0 aliphatic carbocycles. The molecule has 41 heavy (non-hydrogen) atoms. The normalized spacial score (nSPS) is 11.7. The smallest absolute Gasteiger partial charge is 0.146 e. The minimum atomic E-state index is 0.823. The van der Waals surface area contributed by atoms with Gasteiger partial charge in [-0.25, -0.2) is 4.98 Å². The average Bonchev–Trinajstić information content (AvgIpc) is 3.46. The first-order valence-corrected chi connectivity index (χ1v) is 13.7. The van der Waals surface area contributed by atoms with E-state index in [0.29, 0.717) is 0 Å². The summed E-state index contributed by atoms with van der Waals surface area (Å²) < 4.78 is 13.4. The lowest BCUT2D eigenvalue weighted by Gasteiger charge is -2.19. The molecule has 6 aromatic carbocycles. The number of nitrogens with zero attached hydrogens (tertiary/aromatic N) is 2. The molecule has 0 fully saturated rings. The number of pyridine rings is 1. The molecule has 0 radical (unpaired) electrons. The molecule has 0 atom stereocenters. The molecule has 0 bridgehead atoms. The van der Waals surface area contributed by atoms with Crippen molar-refractivity contribution in [2.24, 2.45) is 0 Å². The van der Waals surface area contributed by atoms with Gasteiger partial charge in [0.1, 0.15) is 17.1 Å². The summed E-state index contributed by atoms with van der Waals surface area (Å²) in [6.45, 7) is 0. The predicted octanol–water partition coefficient (Wildman–Crippen LogP) is 9.30. The second-order valence-corrected chi connectivity index (χ2v) is 10.3. The summed E-state index contributed by atoms with van der Waals surface area (Å²) in [5.41, 5.74) is 7.50. The van der Waals surface area contributed by atoms with Gasteiger partial charge in [-0.3, -0.25) is 4.40 Å². The molecule has 0 saturated heterocycles. The molecule has 4 nitrogen and oxygen atoms in total. The fourth-order valence-electron chi connectivity index (χ4n) is 6.31. The number of aromatic nitrogens is 2. The lowest BCUT2D eigenvalue weighted by Crippen LogP contribution is -1.99. The molecule has 0 aliphatic rings. The van der Waals surface area contributed by atoms with Crippen LogP contribution in [0.4, 0.5) is 0 Å². The lowest BCUT2D eigenvalue weighted by molar-refractivity contribution is 0.414. The number of imidazole rings is 1. The first-order valence-electron chi connectivity index (χ1n) is 13.7. The Kier molecular flexibility index (Phi) is 5.22. The minimum Gasteiger partial charge on any atom is -0.497 e. The van der Waals surface area contributed by atoms with Crippen LogP contribution in [0, 0.1) is 0 Å². The second-order valence-electron chi connectivity index (χ2n) is 10.3. The van der Waals surface area contributed by atoms with Gasteiger partial charge in [0.25, 0.3) is 0 Å². The van der Waals surface area contributed by atoms with Crippen LogP contribution in [0.25, 0.3) is 71.4 Å². The molecule has 0 aliphatic heterocycles. The number of hydrogen-bond acceptors (Lipinski definition) is 3. The highest BCUT2D eigenvalue weighted by atomic mass is 16.5. The van der Waals surface area contributed by atoms with Crippen molar-refractivity contribution in [1.82, 2.24) is 9.38 Å². The van der Waals surface area contributed by atoms with Crippen LogP contribution in [0.15, 0.2) is 121 Å². The molecule has 4 heteroatoms. The summed E-state index contributed by atoms with van der Waals surface area (Å²) in [5, 5.41) is 7.03. The zero-order valence-corrected chi connectivity index (χ0v) is 22.8. The first-order chi connectivity index (χ1) is 20.3. The van der Waals surface area contributed by atoms with Gasteiger partial charge in [0.2, 0.25) is 0 Å². The van der Waals surface area contributed by atoms with E-state index >= 15 is 0 Å². The van der Waals surface area contributed by atoms with Gasteiger partial charge < -0.3 is 9.47 Å². The van der Waals surface area contributed by atoms with Crippen LogP contribution in [0.2, 0.25) is 0 Å². The number of benzene rings is 6. The van der Waals surface area contributed by atoms with E-state index in [-0.39, 0.29) is 0 Å². The van der Waals surface area contributed by atoms with E-state index < -0.39 is 0 Å². The van der Waals surface area contributed by atoms with E-state index in [9.17, 15) is 0 Å². The molecule has 196 valence electrons. The van der Waals surface area contributed by atoms with Crippen molar-refractivity contribution in [1.29, 1.82) is 0 Å². The zero-order chi connectivity index (χ0) is 27.5. The van der Waals surface area contributed by atoms with Crippen LogP contribution in [0.5, 0.6) is 11.5 Å². The molecule has 2 aromatic heterocycles. The Morgan fingerprint density at radius 3 is 1.59 bits per heavy atom. The Bertz CT molecular complexity index is 2260. The van der Waals surface area contributed by atoms with Crippen molar-refractivity contribution in [2.45, 2.75) is 0 Å². The number of rotatable bonds is 4. The molecule has 8 aromatic rings. The Morgan fingerprint density at radius 2 is 0.976 bits per heavy atom. The van der Waals surface area contributed by atoms with Crippen LogP contribution in [-0.4, -0.2) is 23.6 Å². The van der Waals surface area contributed by atoms with Gasteiger partial charge in [-0.2, -0.15) is 0 Å². The van der Waals surface area contributed by atoms with E-state index in [1.807, 2.05) is 24.3 Å². The third-order valence-electron chi connectivity index (χ3n) is 8.17. The van der Waals surface area contributed by atoms with E-state index in [1.165, 1.54) is 16.2 Å². The van der Waals surface area contributed by atoms with E-state index in [1.54, 1.807) is 14.2 Å². The fourth-order valence-corrected chi connectivity index (χ4v) is 6.31. The number of hydrogen-bond donors (Lipinski definition) is 0. The number of fused-ring (bicyclic) bond motifs is 10. The van der Waals surface area contributed by atoms with Crippen LogP contribution in [0.3, 0.4) is 0 Å². The number of methoxy groups -OCH3 is 2. The van der Waals surface area contributed by atoms with Gasteiger partial charge in [0.15, 0.2) is 0 Å². The monoisotopic (exact) mass is 530 g/mol. The van der Waals surface area contributed by atoms with Gasteiger partial charge in [-0.1, -0.05) is 84.9 Å². The maximum Gasteiger partial charge on any atom is 0.146 e. The maximum atomic E-state index is 5.53. The van der Waals surface area contributed by atoms with Crippen molar-refractivity contribution in [3.8, 4) is 33.9 Å². The molecular weight excluding hydrogens is 504 g/mol. The van der Waals surface area contributed by atoms with Crippen LogP contribution < -0.4 is 9.47 Å². The van der Waals surface area contributed by atoms with Crippen LogP contribution in [0.1, 0.15) is 0 Å². The predicted molar refractivity (Wildman–Crippen MR) is 169 cm³/mol. The third-order valence-corrected chi connectivity index (χ3v) is 8.17. The zero-order valence-electron chi connectivity index (χ0n) is 22.8. The molecular formula is C37H26N2O2. The summed E-state index contributed by atoms with van der Waals surface area (Å²) >= 11 is 0. The summed E-state index contributed by atoms with van der Waals surface area (Å²) in [7, 11) is 3.40. The molecule has 0 N–H and O–H groups in total. The van der Waals surface area contributed by atoms with Crippen molar-refractivity contribution in [3.63, 3.8) is 0 Å². The van der Waals surface area contributed by atoms with E-state index in [4.69, 9.17) is 14.5 Å². The maximum absolute atomic E-state index is 5.53. The highest BCUT2D eigenvalue weighted by molar-refractivity contribution is 6.25. The van der Waals surface area contributed by atoms with Gasteiger partial charge >= 0.3 is 0 Å². The molecule has 0 spiro atoms. The Morgan fingerprint density at radius 1 is 0.488 bits per heavy atom. The highest BCUT2D eigenvalue weighted by Gasteiger charge is 2.23. The average molecular weight is 531 g/mol. The molecule has 0 unspecified atom stereocenters. The van der Waals surface area contributed by atoms with Gasteiger partial charge in [-0.15, -0.1) is 0 Å². The van der Waals surface area contributed by atoms with Gasteiger partial charge in [0, 0.05) is 21.7 Å². The molecule has 0 saturated carbocycles. The topological polar surface area (TPSA) is 35.8 Å².